The molecule has 0 saturated heterocycles. The summed E-state index contributed by atoms with van der Waals surface area (Å²) in [6.07, 6.45) is 0.151. The van der Waals surface area contributed by atoms with Crippen LogP contribution in [0.3, 0.4) is 0 Å². The molecule has 6 nitrogen and oxygen atoms in total. The second-order valence-electron chi connectivity index (χ2n) is 8.51. The van der Waals surface area contributed by atoms with E-state index >= 15 is 0 Å². The summed E-state index contributed by atoms with van der Waals surface area (Å²) in [6, 6.07) is 15.0. The van der Waals surface area contributed by atoms with Crippen molar-refractivity contribution in [3.63, 3.8) is 0 Å². The quantitative estimate of drug-likeness (QED) is 0.261. The molecule has 0 radical (unpaired) electrons. The van der Waals surface area contributed by atoms with Crippen molar-refractivity contribution >= 4 is 38.7 Å². The fraction of sp³-hybridized carbons (Fsp3) is 0.250. The topological polar surface area (TPSA) is 68.7 Å². The van der Waals surface area contributed by atoms with E-state index in [-0.39, 0.29) is 24.4 Å². The minimum absolute atomic E-state index is 0.0694. The summed E-state index contributed by atoms with van der Waals surface area (Å²) < 4.78 is 11.7. The Bertz CT molecular complexity index is 1410. The molecule has 2 aromatic heterocycles. The molecule has 7 heteroatoms. The van der Waals surface area contributed by atoms with Gasteiger partial charge in [0.25, 0.3) is 0 Å². The number of pyridine rings is 1. The van der Waals surface area contributed by atoms with Crippen LogP contribution in [0.15, 0.2) is 53.9 Å². The Morgan fingerprint density at radius 3 is 2.40 bits per heavy atom. The lowest BCUT2D eigenvalue weighted by atomic mass is 10.0. The highest BCUT2D eigenvalue weighted by molar-refractivity contribution is 7.18. The van der Waals surface area contributed by atoms with Gasteiger partial charge in [0.2, 0.25) is 0 Å². The summed E-state index contributed by atoms with van der Waals surface area (Å²) in [4.78, 5) is 32.6. The number of rotatable bonds is 9. The Morgan fingerprint density at radius 1 is 0.943 bits per heavy atom. The monoisotopic (exact) mass is 488 g/mol. The summed E-state index contributed by atoms with van der Waals surface area (Å²) >= 11 is 1.68. The average molecular weight is 489 g/mol. The number of hydrogen-bond acceptors (Lipinski definition) is 7. The van der Waals surface area contributed by atoms with Crippen LogP contribution >= 0.6 is 11.3 Å². The molecule has 0 spiro atoms. The predicted octanol–water partition coefficient (Wildman–Crippen LogP) is 6.20. The molecule has 0 bridgehead atoms. The van der Waals surface area contributed by atoms with Gasteiger partial charge < -0.3 is 14.4 Å². The predicted molar refractivity (Wildman–Crippen MR) is 142 cm³/mol. The highest BCUT2D eigenvalue weighted by atomic mass is 32.1. The number of aromatic nitrogens is 1. The van der Waals surface area contributed by atoms with Gasteiger partial charge in [-0.2, -0.15) is 0 Å². The van der Waals surface area contributed by atoms with Gasteiger partial charge in [-0.25, -0.2) is 4.98 Å². The Labute approximate surface area is 209 Å². The third kappa shape index (κ3) is 5.05. The number of benzene rings is 2. The van der Waals surface area contributed by atoms with Crippen LogP contribution in [0.2, 0.25) is 0 Å². The fourth-order valence-corrected chi connectivity index (χ4v) is 5.01. The Kier molecular flexibility index (Phi) is 7.17. The molecular formula is C28H28N2O4S. The first kappa shape index (κ1) is 24.4. The summed E-state index contributed by atoms with van der Waals surface area (Å²) in [5.41, 5.74) is 4.70. The number of nitrogens with zero attached hydrogens (tertiary/aromatic N) is 2. The lowest BCUT2D eigenvalue weighted by Gasteiger charge is -2.15. The van der Waals surface area contributed by atoms with Crippen molar-refractivity contribution in [2.75, 3.05) is 33.2 Å². The molecule has 0 aliphatic heterocycles. The highest BCUT2D eigenvalue weighted by Gasteiger charge is 2.18. The number of thiophene rings is 1. The van der Waals surface area contributed by atoms with Crippen molar-refractivity contribution in [3.8, 4) is 22.8 Å². The second-order valence-corrected chi connectivity index (χ2v) is 9.39. The number of hydrogen-bond donors (Lipinski definition) is 0. The number of aryl methyl sites for hydroxylation is 1. The molecule has 0 atom stereocenters. The first-order chi connectivity index (χ1) is 16.8. The van der Waals surface area contributed by atoms with Gasteiger partial charge in [0.1, 0.15) is 5.69 Å². The van der Waals surface area contributed by atoms with Gasteiger partial charge in [0.05, 0.1) is 19.9 Å². The number of anilines is 1. The Morgan fingerprint density at radius 2 is 1.69 bits per heavy atom. The molecule has 180 valence electrons. The van der Waals surface area contributed by atoms with E-state index in [4.69, 9.17) is 14.5 Å². The summed E-state index contributed by atoms with van der Waals surface area (Å²) in [5.74, 6) is 0.725. The zero-order chi connectivity index (χ0) is 25.1. The molecule has 0 saturated carbocycles. The van der Waals surface area contributed by atoms with Gasteiger partial charge in [-0.05, 0) is 42.8 Å². The SMILES string of the molecule is COc1ccc(C(=O)CCC(=O)c2cc(N(C)C)cc(-c3csc4c(C)cccc34)n2)cc1OC. The molecule has 0 unspecified atom stereocenters. The molecule has 4 rings (SSSR count). The smallest absolute Gasteiger partial charge is 0.181 e. The molecule has 0 aliphatic carbocycles. The zero-order valence-corrected chi connectivity index (χ0v) is 21.4. The number of methoxy groups -OCH3 is 2. The first-order valence-electron chi connectivity index (χ1n) is 11.3. The lowest BCUT2D eigenvalue weighted by Crippen LogP contribution is -2.12. The Hall–Kier alpha value is -3.71. The Balaban J connectivity index is 1.59. The maximum Gasteiger partial charge on any atom is 0.181 e. The van der Waals surface area contributed by atoms with Crippen molar-refractivity contribution < 1.29 is 19.1 Å². The van der Waals surface area contributed by atoms with Crippen LogP contribution in [0.4, 0.5) is 5.69 Å². The molecular weight excluding hydrogens is 460 g/mol. The van der Waals surface area contributed by atoms with E-state index in [1.165, 1.54) is 17.4 Å². The van der Waals surface area contributed by atoms with Crippen LogP contribution in [0.25, 0.3) is 21.3 Å². The van der Waals surface area contributed by atoms with Gasteiger partial charge in [-0.3, -0.25) is 9.59 Å². The molecule has 2 aromatic carbocycles. The van der Waals surface area contributed by atoms with Crippen molar-refractivity contribution in [2.45, 2.75) is 19.8 Å². The van der Waals surface area contributed by atoms with Crippen LogP contribution in [0.1, 0.15) is 39.3 Å². The van der Waals surface area contributed by atoms with Crippen molar-refractivity contribution in [3.05, 3.63) is 70.7 Å². The molecule has 4 aromatic rings. The van der Waals surface area contributed by atoms with E-state index in [0.29, 0.717) is 22.8 Å². The minimum Gasteiger partial charge on any atom is -0.493 e. The molecule has 0 N–H and O–H groups in total. The van der Waals surface area contributed by atoms with Crippen LogP contribution in [-0.4, -0.2) is 44.9 Å². The normalized spacial score (nSPS) is 10.9. The van der Waals surface area contributed by atoms with Gasteiger partial charge in [-0.1, -0.05) is 18.2 Å². The fourth-order valence-electron chi connectivity index (χ4n) is 3.96. The standard InChI is InChI=1S/C28H28N2O4S/c1-17-7-6-8-20-21(16-35-28(17)20)22-14-19(30(2)3)15-23(29-22)25(32)11-10-24(31)18-9-12-26(33-4)27(13-18)34-5/h6-9,12-16H,10-11H2,1-5H3. The lowest BCUT2D eigenvalue weighted by molar-refractivity contribution is 0.0915. The summed E-state index contributed by atoms with van der Waals surface area (Å²) in [5, 5.41) is 3.22. The third-order valence-corrected chi connectivity index (χ3v) is 7.10. The maximum absolute atomic E-state index is 13.1. The van der Waals surface area contributed by atoms with E-state index in [1.54, 1.807) is 42.7 Å². The van der Waals surface area contributed by atoms with Crippen molar-refractivity contribution in [1.29, 1.82) is 0 Å². The number of Topliss-reactive ketones (excluding diaryl/α,β-unsaturated/α-hetero) is 2. The number of carbonyl (C=O) groups is 2. The van der Waals surface area contributed by atoms with Crippen molar-refractivity contribution in [2.24, 2.45) is 0 Å². The van der Waals surface area contributed by atoms with Gasteiger partial charge in [-0.15, -0.1) is 11.3 Å². The summed E-state index contributed by atoms with van der Waals surface area (Å²) in [7, 11) is 6.93. The van der Waals surface area contributed by atoms with Crippen LogP contribution in [0, 0.1) is 6.92 Å². The van der Waals surface area contributed by atoms with E-state index in [9.17, 15) is 9.59 Å². The van der Waals surface area contributed by atoms with Crippen LogP contribution < -0.4 is 14.4 Å². The molecule has 0 fully saturated rings. The largest absolute Gasteiger partial charge is 0.493 e. The zero-order valence-electron chi connectivity index (χ0n) is 20.5. The van der Waals surface area contributed by atoms with Crippen molar-refractivity contribution in [1.82, 2.24) is 4.98 Å². The van der Waals surface area contributed by atoms with E-state index < -0.39 is 0 Å². The number of ether oxygens (including phenoxy) is 2. The summed E-state index contributed by atoms with van der Waals surface area (Å²) in [6.45, 7) is 2.09. The number of ketones is 2. The number of fused-ring (bicyclic) bond motifs is 1. The second kappa shape index (κ2) is 10.3. The van der Waals surface area contributed by atoms with Crippen LogP contribution in [0.5, 0.6) is 11.5 Å². The molecule has 2 heterocycles. The van der Waals surface area contributed by atoms with E-state index in [0.717, 1.165) is 22.3 Å². The highest BCUT2D eigenvalue weighted by Crippen LogP contribution is 2.36. The minimum atomic E-state index is -0.167. The first-order valence-corrected chi connectivity index (χ1v) is 12.2. The average Bonchev–Trinajstić information content (AvgIpc) is 3.31. The molecule has 0 aliphatic rings. The van der Waals surface area contributed by atoms with E-state index in [1.807, 2.05) is 31.1 Å². The number of carbonyl (C=O) groups excluding carboxylic acids is 2. The van der Waals surface area contributed by atoms with Crippen LogP contribution in [-0.2, 0) is 0 Å². The molecule has 0 amide bonds. The van der Waals surface area contributed by atoms with E-state index in [2.05, 4.69) is 24.4 Å². The van der Waals surface area contributed by atoms with Gasteiger partial charge in [0, 0.05) is 59.2 Å². The molecule has 35 heavy (non-hydrogen) atoms. The van der Waals surface area contributed by atoms with Gasteiger partial charge in [0.15, 0.2) is 23.1 Å². The van der Waals surface area contributed by atoms with Gasteiger partial charge >= 0.3 is 0 Å². The third-order valence-electron chi connectivity index (χ3n) is 5.97. The maximum atomic E-state index is 13.1.